The highest BCUT2D eigenvalue weighted by Gasteiger charge is 2.13. The van der Waals surface area contributed by atoms with Crippen LogP contribution in [0.2, 0.25) is 0 Å². The van der Waals surface area contributed by atoms with E-state index in [2.05, 4.69) is 5.10 Å². The quantitative estimate of drug-likeness (QED) is 0.596. The van der Waals surface area contributed by atoms with Crippen LogP contribution in [-0.4, -0.2) is 21.8 Å². The first-order chi connectivity index (χ1) is 8.20. The Morgan fingerprint density at radius 2 is 2.06 bits per heavy atom. The third kappa shape index (κ3) is 2.41. The maximum atomic E-state index is 10.7. The smallest absolute Gasteiger partial charge is 0.345 e. The summed E-state index contributed by atoms with van der Waals surface area (Å²) in [6, 6.07) is 8.70. The molecule has 1 heterocycles. The molecule has 0 amide bonds. The molecular formula is C11H11N3O3. The predicted octanol–water partition coefficient (Wildman–Crippen LogP) is 1.85. The zero-order valence-electron chi connectivity index (χ0n) is 9.24. The van der Waals surface area contributed by atoms with Crippen LogP contribution in [0.5, 0.6) is 5.75 Å². The Balaban J connectivity index is 2.19. The SMILES string of the molecule is COc1ccc(Cn2nccc2[N+](=O)[O-])cc1. The standard InChI is InChI=1S/C11H11N3O3/c1-17-10-4-2-9(3-5-10)8-13-11(14(15)16)6-7-12-13/h2-7H,8H2,1H3. The molecule has 0 bridgehead atoms. The van der Waals surface area contributed by atoms with Crippen LogP contribution >= 0.6 is 0 Å². The highest BCUT2D eigenvalue weighted by Crippen LogP contribution is 2.15. The van der Waals surface area contributed by atoms with Crippen molar-refractivity contribution in [3.63, 3.8) is 0 Å². The van der Waals surface area contributed by atoms with Crippen LogP contribution in [0.15, 0.2) is 36.5 Å². The van der Waals surface area contributed by atoms with Crippen LogP contribution in [0.1, 0.15) is 5.56 Å². The summed E-state index contributed by atoms with van der Waals surface area (Å²) in [5.41, 5.74) is 0.928. The highest BCUT2D eigenvalue weighted by atomic mass is 16.6. The van der Waals surface area contributed by atoms with Gasteiger partial charge in [-0.2, -0.15) is 0 Å². The van der Waals surface area contributed by atoms with E-state index in [-0.39, 0.29) is 5.82 Å². The molecule has 0 N–H and O–H groups in total. The fraction of sp³-hybridized carbons (Fsp3) is 0.182. The Hall–Kier alpha value is -2.37. The van der Waals surface area contributed by atoms with E-state index in [9.17, 15) is 10.1 Å². The Labute approximate surface area is 97.6 Å². The summed E-state index contributed by atoms with van der Waals surface area (Å²) in [5, 5.41) is 14.6. The minimum Gasteiger partial charge on any atom is -0.497 e. The second-order valence-corrected chi connectivity index (χ2v) is 3.45. The lowest BCUT2D eigenvalue weighted by atomic mass is 10.2. The first-order valence-electron chi connectivity index (χ1n) is 5.00. The molecular weight excluding hydrogens is 222 g/mol. The van der Waals surface area contributed by atoms with Crippen molar-refractivity contribution in [3.8, 4) is 5.75 Å². The van der Waals surface area contributed by atoms with Gasteiger partial charge in [-0.25, -0.2) is 0 Å². The van der Waals surface area contributed by atoms with E-state index in [1.165, 1.54) is 16.9 Å². The van der Waals surface area contributed by atoms with Gasteiger partial charge in [-0.15, -0.1) is 4.68 Å². The second-order valence-electron chi connectivity index (χ2n) is 3.45. The lowest BCUT2D eigenvalue weighted by Gasteiger charge is -2.02. The van der Waals surface area contributed by atoms with Gasteiger partial charge in [0.05, 0.1) is 19.4 Å². The van der Waals surface area contributed by atoms with Crippen molar-refractivity contribution in [3.05, 3.63) is 52.2 Å². The number of aromatic nitrogens is 2. The third-order valence-corrected chi connectivity index (χ3v) is 2.37. The van der Waals surface area contributed by atoms with Gasteiger partial charge < -0.3 is 14.9 Å². The number of methoxy groups -OCH3 is 1. The molecule has 0 radical (unpaired) electrons. The van der Waals surface area contributed by atoms with Crippen molar-refractivity contribution in [2.24, 2.45) is 0 Å². The van der Waals surface area contributed by atoms with Crippen LogP contribution in [0.25, 0.3) is 0 Å². The molecule has 0 saturated heterocycles. The number of rotatable bonds is 4. The van der Waals surface area contributed by atoms with Crippen molar-refractivity contribution in [2.75, 3.05) is 7.11 Å². The third-order valence-electron chi connectivity index (χ3n) is 2.37. The molecule has 1 aromatic carbocycles. The summed E-state index contributed by atoms with van der Waals surface area (Å²) in [7, 11) is 1.59. The van der Waals surface area contributed by atoms with E-state index in [4.69, 9.17) is 4.74 Å². The molecule has 0 unspecified atom stereocenters. The molecule has 6 heteroatoms. The minimum atomic E-state index is -0.448. The van der Waals surface area contributed by atoms with E-state index >= 15 is 0 Å². The number of hydrogen-bond acceptors (Lipinski definition) is 4. The summed E-state index contributed by atoms with van der Waals surface area (Å²) in [6.07, 6.45) is 1.42. The van der Waals surface area contributed by atoms with Crippen molar-refractivity contribution in [1.29, 1.82) is 0 Å². The predicted molar refractivity (Wildman–Crippen MR) is 61.0 cm³/mol. The molecule has 0 saturated carbocycles. The first-order valence-corrected chi connectivity index (χ1v) is 5.00. The highest BCUT2D eigenvalue weighted by molar-refractivity contribution is 5.28. The van der Waals surface area contributed by atoms with Crippen molar-refractivity contribution in [2.45, 2.75) is 6.54 Å². The van der Waals surface area contributed by atoms with Crippen LogP contribution < -0.4 is 4.74 Å². The maximum Gasteiger partial charge on any atom is 0.345 e. The van der Waals surface area contributed by atoms with E-state index in [1.54, 1.807) is 7.11 Å². The van der Waals surface area contributed by atoms with Gasteiger partial charge >= 0.3 is 5.82 Å². The summed E-state index contributed by atoms with van der Waals surface area (Å²) in [4.78, 5) is 10.3. The van der Waals surface area contributed by atoms with Gasteiger partial charge in [0, 0.05) is 0 Å². The molecule has 1 aromatic heterocycles. The van der Waals surface area contributed by atoms with Crippen molar-refractivity contribution >= 4 is 5.82 Å². The normalized spacial score (nSPS) is 10.2. The van der Waals surface area contributed by atoms with E-state index in [0.717, 1.165) is 11.3 Å². The summed E-state index contributed by atoms with van der Waals surface area (Å²) in [5.74, 6) is 0.740. The zero-order chi connectivity index (χ0) is 12.3. The Bertz CT molecular complexity index is 519. The monoisotopic (exact) mass is 233 g/mol. The number of ether oxygens (including phenoxy) is 1. The molecule has 2 rings (SSSR count). The summed E-state index contributed by atoms with van der Waals surface area (Å²) >= 11 is 0. The summed E-state index contributed by atoms with van der Waals surface area (Å²) in [6.45, 7) is 0.368. The fourth-order valence-corrected chi connectivity index (χ4v) is 1.51. The lowest BCUT2D eigenvalue weighted by Crippen LogP contribution is -2.05. The van der Waals surface area contributed by atoms with Gasteiger partial charge in [0.1, 0.15) is 12.3 Å². The largest absolute Gasteiger partial charge is 0.497 e. The molecule has 2 aromatic rings. The van der Waals surface area contributed by atoms with Crippen LogP contribution in [0, 0.1) is 10.1 Å². The molecule has 0 aliphatic carbocycles. The number of nitrogens with zero attached hydrogens (tertiary/aromatic N) is 3. The topological polar surface area (TPSA) is 70.2 Å². The average molecular weight is 233 g/mol. The maximum absolute atomic E-state index is 10.7. The van der Waals surface area contributed by atoms with Crippen LogP contribution in [-0.2, 0) is 6.54 Å². The molecule has 88 valence electrons. The molecule has 0 atom stereocenters. The second kappa shape index (κ2) is 4.65. The van der Waals surface area contributed by atoms with Gasteiger partial charge in [-0.3, -0.25) is 0 Å². The number of hydrogen-bond donors (Lipinski definition) is 0. The van der Waals surface area contributed by atoms with E-state index in [1.807, 2.05) is 24.3 Å². The first kappa shape index (κ1) is 11.1. The fourth-order valence-electron chi connectivity index (χ4n) is 1.51. The molecule has 0 fully saturated rings. The van der Waals surface area contributed by atoms with Gasteiger partial charge in [-0.05, 0) is 22.6 Å². The van der Waals surface area contributed by atoms with Crippen LogP contribution in [0.4, 0.5) is 5.82 Å². The number of benzene rings is 1. The Morgan fingerprint density at radius 3 is 2.65 bits per heavy atom. The molecule has 0 aliphatic rings. The molecule has 17 heavy (non-hydrogen) atoms. The summed E-state index contributed by atoms with van der Waals surface area (Å²) < 4.78 is 6.38. The van der Waals surface area contributed by atoms with Crippen molar-refractivity contribution in [1.82, 2.24) is 9.78 Å². The Kier molecular flexibility index (Phi) is 3.04. The average Bonchev–Trinajstić information content (AvgIpc) is 2.78. The molecule has 6 nitrogen and oxygen atoms in total. The number of nitro groups is 1. The lowest BCUT2D eigenvalue weighted by molar-refractivity contribution is -0.392. The zero-order valence-corrected chi connectivity index (χ0v) is 9.24. The van der Waals surface area contributed by atoms with Crippen molar-refractivity contribution < 1.29 is 9.66 Å². The van der Waals surface area contributed by atoms with Crippen LogP contribution in [0.3, 0.4) is 0 Å². The minimum absolute atomic E-state index is 0.0131. The van der Waals surface area contributed by atoms with Gasteiger partial charge in [0.2, 0.25) is 0 Å². The molecule has 0 aliphatic heterocycles. The van der Waals surface area contributed by atoms with Gasteiger partial charge in [0.15, 0.2) is 0 Å². The van der Waals surface area contributed by atoms with E-state index in [0.29, 0.717) is 6.54 Å². The Morgan fingerprint density at radius 1 is 1.35 bits per heavy atom. The van der Waals surface area contributed by atoms with Gasteiger partial charge in [0.25, 0.3) is 0 Å². The van der Waals surface area contributed by atoms with Gasteiger partial charge in [-0.1, -0.05) is 17.2 Å². The van der Waals surface area contributed by atoms with E-state index < -0.39 is 4.92 Å². The molecule has 0 spiro atoms.